The standard InChI is InChI=1S/C35H34N2O3/c1-2-20-39-27-18-16-25(17-19-27)26-21-31-34(32(38)22-26)35(37-30-14-8-7-13-29(30)36-31)28-12-6-9-15-33(28)40-23-24-10-4-3-5-11-24/h3-19,26,35-37H,2,20-23H2,1H3. The van der Waals surface area contributed by atoms with Gasteiger partial charge in [0, 0.05) is 23.3 Å². The molecule has 5 heteroatoms. The molecular formula is C35H34N2O3. The predicted molar refractivity (Wildman–Crippen MR) is 160 cm³/mol. The van der Waals surface area contributed by atoms with Gasteiger partial charge < -0.3 is 20.1 Å². The molecule has 4 aromatic rings. The number of anilines is 2. The van der Waals surface area contributed by atoms with Crippen LogP contribution in [0, 0.1) is 0 Å². The third-order valence-corrected chi connectivity index (χ3v) is 7.60. The highest BCUT2D eigenvalue weighted by Gasteiger charge is 2.37. The Balaban J connectivity index is 1.35. The fourth-order valence-electron chi connectivity index (χ4n) is 5.60. The van der Waals surface area contributed by atoms with Crippen LogP contribution in [0.5, 0.6) is 11.5 Å². The van der Waals surface area contributed by atoms with Crippen molar-refractivity contribution in [2.24, 2.45) is 0 Å². The van der Waals surface area contributed by atoms with Gasteiger partial charge >= 0.3 is 0 Å². The van der Waals surface area contributed by atoms with E-state index in [1.54, 1.807) is 0 Å². The van der Waals surface area contributed by atoms with Crippen molar-refractivity contribution in [3.8, 4) is 11.5 Å². The van der Waals surface area contributed by atoms with Crippen molar-refractivity contribution in [1.29, 1.82) is 0 Å². The number of rotatable bonds is 8. The highest BCUT2D eigenvalue weighted by atomic mass is 16.5. The van der Waals surface area contributed by atoms with E-state index in [-0.39, 0.29) is 17.7 Å². The van der Waals surface area contributed by atoms with Crippen LogP contribution in [0.3, 0.4) is 0 Å². The Labute approximate surface area is 235 Å². The topological polar surface area (TPSA) is 59.6 Å². The molecule has 0 bridgehead atoms. The summed E-state index contributed by atoms with van der Waals surface area (Å²) in [4.78, 5) is 14.0. The SMILES string of the molecule is CCCOc1ccc(C2CC(=O)C3=C(C2)Nc2ccccc2NC3c2ccccc2OCc2ccccc2)cc1. The first-order valence-corrected chi connectivity index (χ1v) is 14.1. The zero-order valence-electron chi connectivity index (χ0n) is 22.7. The van der Waals surface area contributed by atoms with Gasteiger partial charge in [-0.1, -0.05) is 79.7 Å². The maximum absolute atomic E-state index is 14.0. The lowest BCUT2D eigenvalue weighted by Gasteiger charge is -2.30. The zero-order valence-corrected chi connectivity index (χ0v) is 22.7. The molecule has 0 radical (unpaired) electrons. The van der Waals surface area contributed by atoms with E-state index in [0.717, 1.165) is 63.7 Å². The van der Waals surface area contributed by atoms with Crippen molar-refractivity contribution in [2.45, 2.75) is 44.8 Å². The van der Waals surface area contributed by atoms with Crippen LogP contribution in [-0.2, 0) is 11.4 Å². The summed E-state index contributed by atoms with van der Waals surface area (Å²) in [5.74, 6) is 1.88. The molecule has 2 unspecified atom stereocenters. The fraction of sp³-hybridized carbons (Fsp3) is 0.229. The third kappa shape index (κ3) is 5.46. The number of allylic oxidation sites excluding steroid dienone is 1. The van der Waals surface area contributed by atoms with Crippen molar-refractivity contribution >= 4 is 17.2 Å². The second kappa shape index (κ2) is 11.7. The second-order valence-electron chi connectivity index (χ2n) is 10.4. The van der Waals surface area contributed by atoms with Crippen LogP contribution in [0.1, 0.15) is 54.8 Å². The Morgan fingerprint density at radius 2 is 1.50 bits per heavy atom. The van der Waals surface area contributed by atoms with E-state index in [9.17, 15) is 4.79 Å². The minimum atomic E-state index is -0.337. The average molecular weight is 531 g/mol. The molecule has 0 saturated heterocycles. The molecular weight excluding hydrogens is 496 g/mol. The Kier molecular flexibility index (Phi) is 7.53. The normalized spacial score (nSPS) is 18.1. The molecule has 40 heavy (non-hydrogen) atoms. The van der Waals surface area contributed by atoms with Crippen LogP contribution in [0.15, 0.2) is 114 Å². The van der Waals surface area contributed by atoms with Crippen molar-refractivity contribution < 1.29 is 14.3 Å². The van der Waals surface area contributed by atoms with Gasteiger partial charge in [-0.25, -0.2) is 0 Å². The molecule has 0 fully saturated rings. The number of para-hydroxylation sites is 3. The van der Waals surface area contributed by atoms with Gasteiger partial charge in [-0.15, -0.1) is 0 Å². The number of benzene rings is 4. The summed E-state index contributed by atoms with van der Waals surface area (Å²) in [6.07, 6.45) is 2.17. The molecule has 4 aromatic carbocycles. The summed E-state index contributed by atoms with van der Waals surface area (Å²) in [5, 5.41) is 7.33. The fourth-order valence-corrected chi connectivity index (χ4v) is 5.60. The number of carbonyl (C=O) groups excluding carboxylic acids is 1. The highest BCUT2D eigenvalue weighted by Crippen LogP contribution is 2.46. The molecule has 6 rings (SSSR count). The van der Waals surface area contributed by atoms with Gasteiger partial charge in [-0.2, -0.15) is 0 Å². The first-order valence-electron chi connectivity index (χ1n) is 14.1. The molecule has 0 spiro atoms. The van der Waals surface area contributed by atoms with E-state index in [2.05, 4.69) is 60.0 Å². The van der Waals surface area contributed by atoms with E-state index in [4.69, 9.17) is 9.47 Å². The molecule has 1 aliphatic heterocycles. The lowest BCUT2D eigenvalue weighted by atomic mass is 9.78. The Morgan fingerprint density at radius 3 is 2.30 bits per heavy atom. The van der Waals surface area contributed by atoms with Gasteiger partial charge in [0.15, 0.2) is 5.78 Å². The molecule has 2 N–H and O–H groups in total. The van der Waals surface area contributed by atoms with E-state index < -0.39 is 0 Å². The largest absolute Gasteiger partial charge is 0.494 e. The first kappa shape index (κ1) is 25.8. The van der Waals surface area contributed by atoms with Gasteiger partial charge in [0.05, 0.1) is 24.0 Å². The monoisotopic (exact) mass is 530 g/mol. The average Bonchev–Trinajstić information content (AvgIpc) is 3.17. The minimum Gasteiger partial charge on any atom is -0.494 e. The van der Waals surface area contributed by atoms with Crippen molar-refractivity contribution in [3.63, 3.8) is 0 Å². The molecule has 202 valence electrons. The first-order chi connectivity index (χ1) is 19.7. The summed E-state index contributed by atoms with van der Waals surface area (Å²) in [5.41, 5.74) is 6.88. The molecule has 1 heterocycles. The number of carbonyl (C=O) groups is 1. The van der Waals surface area contributed by atoms with E-state index in [0.29, 0.717) is 19.6 Å². The zero-order chi connectivity index (χ0) is 27.3. The van der Waals surface area contributed by atoms with Gasteiger partial charge in [-0.3, -0.25) is 4.79 Å². The number of nitrogens with one attached hydrogen (secondary N) is 2. The van der Waals surface area contributed by atoms with Crippen LogP contribution >= 0.6 is 0 Å². The number of Topliss-reactive ketones (excluding diaryl/α,β-unsaturated/α-hetero) is 1. The smallest absolute Gasteiger partial charge is 0.163 e. The Morgan fingerprint density at radius 1 is 0.775 bits per heavy atom. The van der Waals surface area contributed by atoms with Crippen LogP contribution in [0.25, 0.3) is 0 Å². The highest BCUT2D eigenvalue weighted by molar-refractivity contribution is 6.01. The molecule has 2 aliphatic rings. The van der Waals surface area contributed by atoms with Gasteiger partial charge in [0.2, 0.25) is 0 Å². The number of hydrogen-bond donors (Lipinski definition) is 2. The number of fused-ring (bicyclic) bond motifs is 1. The molecule has 0 amide bonds. The third-order valence-electron chi connectivity index (χ3n) is 7.60. The molecule has 0 aromatic heterocycles. The van der Waals surface area contributed by atoms with Gasteiger partial charge in [-0.05, 0) is 60.2 Å². The minimum absolute atomic E-state index is 0.0921. The quantitative estimate of drug-likeness (QED) is 0.241. The van der Waals surface area contributed by atoms with E-state index in [1.807, 2.05) is 60.7 Å². The van der Waals surface area contributed by atoms with Crippen molar-refractivity contribution in [1.82, 2.24) is 0 Å². The maximum atomic E-state index is 14.0. The predicted octanol–water partition coefficient (Wildman–Crippen LogP) is 8.03. The van der Waals surface area contributed by atoms with Gasteiger partial charge in [0.1, 0.15) is 18.1 Å². The summed E-state index contributed by atoms with van der Waals surface area (Å²) >= 11 is 0. The van der Waals surface area contributed by atoms with E-state index in [1.165, 1.54) is 0 Å². The Bertz CT molecular complexity index is 1510. The van der Waals surface area contributed by atoms with Crippen LogP contribution in [0.2, 0.25) is 0 Å². The Hall–Kier alpha value is -4.51. The lowest BCUT2D eigenvalue weighted by molar-refractivity contribution is -0.116. The second-order valence-corrected chi connectivity index (χ2v) is 10.4. The van der Waals surface area contributed by atoms with Crippen LogP contribution < -0.4 is 20.1 Å². The molecule has 5 nitrogen and oxygen atoms in total. The number of ether oxygens (including phenoxy) is 2. The van der Waals surface area contributed by atoms with Crippen LogP contribution in [-0.4, -0.2) is 12.4 Å². The summed E-state index contributed by atoms with van der Waals surface area (Å²) < 4.78 is 12.1. The van der Waals surface area contributed by atoms with Crippen LogP contribution in [0.4, 0.5) is 11.4 Å². The maximum Gasteiger partial charge on any atom is 0.163 e. The summed E-state index contributed by atoms with van der Waals surface area (Å²) in [6, 6.07) is 34.2. The van der Waals surface area contributed by atoms with Gasteiger partial charge in [0.25, 0.3) is 0 Å². The summed E-state index contributed by atoms with van der Waals surface area (Å²) in [6.45, 7) is 3.26. The molecule has 2 atom stereocenters. The lowest BCUT2D eigenvalue weighted by Crippen LogP contribution is -2.27. The summed E-state index contributed by atoms with van der Waals surface area (Å²) in [7, 11) is 0. The number of ketones is 1. The van der Waals surface area contributed by atoms with Crippen molar-refractivity contribution in [2.75, 3.05) is 17.2 Å². The van der Waals surface area contributed by atoms with E-state index >= 15 is 0 Å². The van der Waals surface area contributed by atoms with Crippen molar-refractivity contribution in [3.05, 3.63) is 131 Å². The molecule has 1 aliphatic carbocycles. The number of hydrogen-bond acceptors (Lipinski definition) is 5. The molecule has 0 saturated carbocycles.